The molecule has 0 aliphatic heterocycles. The predicted octanol–water partition coefficient (Wildman–Crippen LogP) is 5.29. The molecule has 0 fully saturated rings. The summed E-state index contributed by atoms with van der Waals surface area (Å²) in [5.74, 6) is 0.422. The third-order valence-corrected chi connectivity index (χ3v) is 4.35. The fourth-order valence-corrected chi connectivity index (χ4v) is 2.66. The lowest BCUT2D eigenvalue weighted by atomic mass is 10.0. The highest BCUT2D eigenvalue weighted by molar-refractivity contribution is 14.1. The molecule has 1 aromatic carbocycles. The van der Waals surface area contributed by atoms with Gasteiger partial charge in [0.1, 0.15) is 5.75 Å². The van der Waals surface area contributed by atoms with Crippen LogP contribution in [0.5, 0.6) is 5.75 Å². The van der Waals surface area contributed by atoms with E-state index in [9.17, 15) is 5.11 Å². The fourth-order valence-electron chi connectivity index (χ4n) is 2.03. The molecule has 0 bridgehead atoms. The third kappa shape index (κ3) is 5.75. The van der Waals surface area contributed by atoms with E-state index in [4.69, 9.17) is 0 Å². The van der Waals surface area contributed by atoms with Crippen LogP contribution in [-0.4, -0.2) is 5.11 Å². The van der Waals surface area contributed by atoms with Gasteiger partial charge in [-0.25, -0.2) is 0 Å². The summed E-state index contributed by atoms with van der Waals surface area (Å²) >= 11 is 2.23. The first kappa shape index (κ1) is 14.8. The first-order valence-corrected chi connectivity index (χ1v) is 7.80. The van der Waals surface area contributed by atoms with E-state index in [0.717, 1.165) is 9.99 Å². The number of aryl methyl sites for hydroxylation is 1. The zero-order chi connectivity index (χ0) is 12.5. The van der Waals surface area contributed by atoms with Crippen LogP contribution in [0.4, 0.5) is 0 Å². The van der Waals surface area contributed by atoms with Crippen LogP contribution >= 0.6 is 22.6 Å². The molecular formula is C15H23IO. The molecule has 0 unspecified atom stereocenters. The van der Waals surface area contributed by atoms with Gasteiger partial charge in [-0.05, 0) is 47.1 Å². The van der Waals surface area contributed by atoms with Gasteiger partial charge in [0.2, 0.25) is 0 Å². The molecule has 0 aliphatic rings. The summed E-state index contributed by atoms with van der Waals surface area (Å²) in [6.45, 7) is 2.25. The number of aromatic hydroxyl groups is 1. The van der Waals surface area contributed by atoms with Crippen LogP contribution in [-0.2, 0) is 6.42 Å². The molecule has 0 atom stereocenters. The second-order valence-corrected chi connectivity index (χ2v) is 5.70. The van der Waals surface area contributed by atoms with Gasteiger partial charge in [-0.1, -0.05) is 57.6 Å². The second-order valence-electron chi connectivity index (χ2n) is 4.62. The lowest BCUT2D eigenvalue weighted by Crippen LogP contribution is -1.90. The molecule has 17 heavy (non-hydrogen) atoms. The first-order chi connectivity index (χ1) is 8.25. The minimum Gasteiger partial charge on any atom is -0.507 e. The van der Waals surface area contributed by atoms with Crippen LogP contribution in [0, 0.1) is 3.57 Å². The summed E-state index contributed by atoms with van der Waals surface area (Å²) < 4.78 is 1.02. The lowest BCUT2D eigenvalue weighted by molar-refractivity contribution is 0.470. The first-order valence-electron chi connectivity index (χ1n) is 6.72. The van der Waals surface area contributed by atoms with Crippen LogP contribution in [0.1, 0.15) is 57.4 Å². The van der Waals surface area contributed by atoms with Gasteiger partial charge in [-0.2, -0.15) is 0 Å². The summed E-state index contributed by atoms with van der Waals surface area (Å²) in [5, 5.41) is 9.59. The van der Waals surface area contributed by atoms with Gasteiger partial charge < -0.3 is 5.11 Å². The van der Waals surface area contributed by atoms with E-state index >= 15 is 0 Å². The molecule has 1 nitrogen and oxygen atoms in total. The van der Waals surface area contributed by atoms with Gasteiger partial charge >= 0.3 is 0 Å². The average molecular weight is 346 g/mol. The Morgan fingerprint density at radius 3 is 2.35 bits per heavy atom. The Morgan fingerprint density at radius 2 is 1.65 bits per heavy atom. The Labute approximate surface area is 119 Å². The Morgan fingerprint density at radius 1 is 1.00 bits per heavy atom. The van der Waals surface area contributed by atoms with E-state index in [0.29, 0.717) is 5.75 Å². The molecule has 96 valence electrons. The smallest absolute Gasteiger partial charge is 0.129 e. The Kier molecular flexibility index (Phi) is 7.65. The van der Waals surface area contributed by atoms with Crippen molar-refractivity contribution in [3.05, 3.63) is 27.3 Å². The van der Waals surface area contributed by atoms with Gasteiger partial charge in [0, 0.05) is 0 Å². The average Bonchev–Trinajstić information content (AvgIpc) is 2.33. The van der Waals surface area contributed by atoms with Crippen LogP contribution in [0.25, 0.3) is 0 Å². The van der Waals surface area contributed by atoms with Crippen LogP contribution in [0.2, 0.25) is 0 Å². The summed E-state index contributed by atoms with van der Waals surface area (Å²) in [5.41, 5.74) is 1.29. The predicted molar refractivity (Wildman–Crippen MR) is 82.5 cm³/mol. The zero-order valence-corrected chi connectivity index (χ0v) is 12.9. The molecule has 0 spiro atoms. The Balaban J connectivity index is 2.16. The number of hydrogen-bond donors (Lipinski definition) is 1. The van der Waals surface area contributed by atoms with Crippen molar-refractivity contribution in [3.63, 3.8) is 0 Å². The van der Waals surface area contributed by atoms with Crippen molar-refractivity contribution in [1.29, 1.82) is 0 Å². The minimum atomic E-state index is 0.422. The number of unbranched alkanes of at least 4 members (excludes halogenated alkanes) is 6. The largest absolute Gasteiger partial charge is 0.507 e. The summed E-state index contributed by atoms with van der Waals surface area (Å²) in [4.78, 5) is 0. The molecule has 0 saturated heterocycles. The van der Waals surface area contributed by atoms with Crippen molar-refractivity contribution in [3.8, 4) is 5.75 Å². The van der Waals surface area contributed by atoms with Gasteiger partial charge in [0.25, 0.3) is 0 Å². The van der Waals surface area contributed by atoms with Crippen LogP contribution in [0.15, 0.2) is 18.2 Å². The van der Waals surface area contributed by atoms with Gasteiger partial charge in [-0.15, -0.1) is 0 Å². The highest BCUT2D eigenvalue weighted by atomic mass is 127. The number of hydrogen-bond acceptors (Lipinski definition) is 1. The Bertz CT molecular complexity index is 323. The monoisotopic (exact) mass is 346 g/mol. The molecule has 1 rings (SSSR count). The minimum absolute atomic E-state index is 0.422. The quantitative estimate of drug-likeness (QED) is 0.501. The number of rotatable bonds is 8. The molecule has 2 heteroatoms. The summed E-state index contributed by atoms with van der Waals surface area (Å²) in [6, 6.07) is 5.82. The zero-order valence-electron chi connectivity index (χ0n) is 10.7. The number of phenols is 1. The maximum absolute atomic E-state index is 9.59. The standard InChI is InChI=1S/C15H23IO/c1-2-3-4-5-6-7-8-10-13-11-9-12-14(17)15(13)16/h9,11-12,17H,2-8,10H2,1H3. The summed E-state index contributed by atoms with van der Waals surface area (Å²) in [7, 11) is 0. The number of halogens is 1. The van der Waals surface area contributed by atoms with Crippen molar-refractivity contribution in [2.45, 2.75) is 58.3 Å². The van der Waals surface area contributed by atoms with E-state index in [1.807, 2.05) is 6.07 Å². The molecule has 1 aromatic rings. The Hall–Kier alpha value is -0.250. The fraction of sp³-hybridized carbons (Fsp3) is 0.600. The van der Waals surface area contributed by atoms with Crippen molar-refractivity contribution in [2.24, 2.45) is 0 Å². The maximum Gasteiger partial charge on any atom is 0.129 e. The molecular weight excluding hydrogens is 323 g/mol. The van der Waals surface area contributed by atoms with Crippen molar-refractivity contribution in [1.82, 2.24) is 0 Å². The SMILES string of the molecule is CCCCCCCCCc1cccc(O)c1I. The number of phenolic OH excluding ortho intramolecular Hbond substituents is 1. The highest BCUT2D eigenvalue weighted by Gasteiger charge is 2.03. The second kappa shape index (κ2) is 8.78. The van der Waals surface area contributed by atoms with Gasteiger partial charge in [0.05, 0.1) is 3.57 Å². The number of benzene rings is 1. The van der Waals surface area contributed by atoms with Crippen molar-refractivity contribution in [2.75, 3.05) is 0 Å². The maximum atomic E-state index is 9.59. The molecule has 0 saturated carbocycles. The van der Waals surface area contributed by atoms with Crippen LogP contribution in [0.3, 0.4) is 0 Å². The molecule has 0 aromatic heterocycles. The van der Waals surface area contributed by atoms with E-state index in [2.05, 4.69) is 35.6 Å². The molecule has 1 N–H and O–H groups in total. The van der Waals surface area contributed by atoms with Gasteiger partial charge in [0.15, 0.2) is 0 Å². The van der Waals surface area contributed by atoms with Crippen LogP contribution < -0.4 is 0 Å². The van der Waals surface area contributed by atoms with E-state index < -0.39 is 0 Å². The van der Waals surface area contributed by atoms with Crippen molar-refractivity contribution >= 4 is 22.6 Å². The van der Waals surface area contributed by atoms with E-state index in [1.165, 1.54) is 50.5 Å². The van der Waals surface area contributed by atoms with E-state index in [1.54, 1.807) is 6.07 Å². The summed E-state index contributed by atoms with van der Waals surface area (Å²) in [6.07, 6.45) is 10.5. The lowest BCUT2D eigenvalue weighted by Gasteiger charge is -2.06. The highest BCUT2D eigenvalue weighted by Crippen LogP contribution is 2.24. The topological polar surface area (TPSA) is 20.2 Å². The van der Waals surface area contributed by atoms with Gasteiger partial charge in [-0.3, -0.25) is 0 Å². The normalized spacial score (nSPS) is 10.7. The molecule has 0 heterocycles. The molecule has 0 aliphatic carbocycles. The molecule has 0 amide bonds. The molecule has 0 radical (unpaired) electrons. The van der Waals surface area contributed by atoms with Crippen molar-refractivity contribution < 1.29 is 5.11 Å². The van der Waals surface area contributed by atoms with E-state index in [-0.39, 0.29) is 0 Å². The third-order valence-electron chi connectivity index (χ3n) is 3.11.